The van der Waals surface area contributed by atoms with Gasteiger partial charge in [0.25, 0.3) is 0 Å². The topological polar surface area (TPSA) is 70.1 Å². The van der Waals surface area contributed by atoms with E-state index in [-0.39, 0.29) is 5.92 Å². The second-order valence-corrected chi connectivity index (χ2v) is 8.58. The van der Waals surface area contributed by atoms with Gasteiger partial charge >= 0.3 is 0 Å². The van der Waals surface area contributed by atoms with Crippen LogP contribution in [0.2, 0.25) is 10.0 Å². The van der Waals surface area contributed by atoms with Crippen molar-refractivity contribution in [3.05, 3.63) is 40.6 Å². The third-order valence-electron chi connectivity index (χ3n) is 5.71. The van der Waals surface area contributed by atoms with E-state index in [9.17, 15) is 4.79 Å². The van der Waals surface area contributed by atoms with Crippen LogP contribution in [0.15, 0.2) is 30.6 Å². The van der Waals surface area contributed by atoms with Gasteiger partial charge in [0.15, 0.2) is 0 Å². The van der Waals surface area contributed by atoms with Gasteiger partial charge in [-0.1, -0.05) is 23.2 Å². The highest BCUT2D eigenvalue weighted by molar-refractivity contribution is 6.42. The molecule has 4 rings (SSSR count). The molecule has 154 valence electrons. The number of likely N-dealkylation sites (tertiary alicyclic amines) is 1. The van der Waals surface area contributed by atoms with Crippen LogP contribution in [0.1, 0.15) is 38.5 Å². The number of anilines is 3. The molecule has 1 saturated carbocycles. The van der Waals surface area contributed by atoms with E-state index in [1.54, 1.807) is 12.1 Å². The number of nitrogens with one attached hydrogen (secondary N) is 2. The highest BCUT2D eigenvalue weighted by Crippen LogP contribution is 2.30. The van der Waals surface area contributed by atoms with Gasteiger partial charge in [0, 0.05) is 36.8 Å². The number of halogens is 2. The molecule has 2 aliphatic rings. The molecule has 1 amide bonds. The normalized spacial score (nSPS) is 21.8. The highest BCUT2D eigenvalue weighted by Gasteiger charge is 2.30. The van der Waals surface area contributed by atoms with Crippen LogP contribution in [0.5, 0.6) is 0 Å². The molecule has 29 heavy (non-hydrogen) atoms. The molecule has 0 unspecified atom stereocenters. The van der Waals surface area contributed by atoms with E-state index in [0.717, 1.165) is 63.1 Å². The maximum Gasteiger partial charge on any atom is 0.225 e. The summed E-state index contributed by atoms with van der Waals surface area (Å²) < 4.78 is 0. The first-order valence-corrected chi connectivity index (χ1v) is 10.9. The maximum absolute atomic E-state index is 12.6. The van der Waals surface area contributed by atoms with Gasteiger partial charge in [-0.3, -0.25) is 4.79 Å². The minimum Gasteiger partial charge on any atom is -0.367 e. The molecule has 1 saturated heterocycles. The van der Waals surface area contributed by atoms with E-state index in [2.05, 4.69) is 20.6 Å². The van der Waals surface area contributed by atoms with Crippen molar-refractivity contribution in [3.63, 3.8) is 0 Å². The fourth-order valence-electron chi connectivity index (χ4n) is 4.12. The lowest BCUT2D eigenvalue weighted by Crippen LogP contribution is -2.37. The minimum absolute atomic E-state index is 0.184. The minimum atomic E-state index is 0.184. The molecular weight excluding hydrogens is 409 g/mol. The van der Waals surface area contributed by atoms with Crippen LogP contribution < -0.4 is 10.6 Å². The Morgan fingerprint density at radius 2 is 1.69 bits per heavy atom. The first kappa shape index (κ1) is 20.2. The molecule has 1 aromatic carbocycles. The van der Waals surface area contributed by atoms with Crippen LogP contribution in [0.25, 0.3) is 0 Å². The molecule has 8 heteroatoms. The summed E-state index contributed by atoms with van der Waals surface area (Å²) in [4.78, 5) is 23.2. The summed E-state index contributed by atoms with van der Waals surface area (Å²) in [5.74, 6) is 2.00. The van der Waals surface area contributed by atoms with E-state index < -0.39 is 0 Å². The third-order valence-corrected chi connectivity index (χ3v) is 6.44. The third kappa shape index (κ3) is 5.11. The molecule has 2 N–H and O–H groups in total. The SMILES string of the molecule is O=C([C@H]1CC[C@H](Nc2cc(Nc3ccc(Cl)c(Cl)c3)ncn2)CC1)N1CCCC1. The van der Waals surface area contributed by atoms with Crippen LogP contribution in [0.3, 0.4) is 0 Å². The van der Waals surface area contributed by atoms with Crippen LogP contribution >= 0.6 is 23.2 Å². The van der Waals surface area contributed by atoms with Crippen LogP contribution in [0.4, 0.5) is 17.3 Å². The van der Waals surface area contributed by atoms with Crippen molar-refractivity contribution in [2.75, 3.05) is 23.7 Å². The van der Waals surface area contributed by atoms with Crippen LogP contribution in [-0.4, -0.2) is 39.9 Å². The Bertz CT molecular complexity index is 864. The van der Waals surface area contributed by atoms with Gasteiger partial charge in [-0.25, -0.2) is 9.97 Å². The fourth-order valence-corrected chi connectivity index (χ4v) is 4.41. The maximum atomic E-state index is 12.6. The van der Waals surface area contributed by atoms with E-state index in [1.165, 1.54) is 6.33 Å². The number of carbonyl (C=O) groups excluding carboxylic acids is 1. The summed E-state index contributed by atoms with van der Waals surface area (Å²) >= 11 is 12.0. The van der Waals surface area contributed by atoms with Gasteiger partial charge in [0.05, 0.1) is 10.0 Å². The molecule has 1 aromatic heterocycles. The molecule has 2 heterocycles. The average molecular weight is 434 g/mol. The predicted molar refractivity (Wildman–Crippen MR) is 117 cm³/mol. The van der Waals surface area contributed by atoms with Gasteiger partial charge in [0.1, 0.15) is 18.0 Å². The van der Waals surface area contributed by atoms with Crippen molar-refractivity contribution in [2.24, 2.45) is 5.92 Å². The van der Waals surface area contributed by atoms with Gasteiger partial charge in [-0.15, -0.1) is 0 Å². The molecule has 0 atom stereocenters. The zero-order chi connectivity index (χ0) is 20.2. The molecule has 1 aliphatic carbocycles. The van der Waals surface area contributed by atoms with E-state index in [1.807, 2.05) is 17.0 Å². The predicted octanol–water partition coefficient (Wildman–Crippen LogP) is 5.12. The van der Waals surface area contributed by atoms with Gasteiger partial charge in [0.2, 0.25) is 5.91 Å². The second kappa shape index (κ2) is 9.18. The Labute approximate surface area is 181 Å². The Morgan fingerprint density at radius 1 is 0.966 bits per heavy atom. The summed E-state index contributed by atoms with van der Waals surface area (Å²) in [6, 6.07) is 7.56. The number of hydrogen-bond acceptors (Lipinski definition) is 5. The molecule has 0 radical (unpaired) electrons. The number of benzene rings is 1. The Morgan fingerprint density at radius 3 is 2.41 bits per heavy atom. The lowest BCUT2D eigenvalue weighted by Gasteiger charge is -2.31. The standard InChI is InChI=1S/C21H25Cl2N5O/c22-17-8-7-16(11-18(17)23)27-20-12-19(24-13-25-20)26-15-5-3-14(4-6-15)21(29)28-9-1-2-10-28/h7-8,11-15H,1-6,9-10H2,(H2,24,25,26,27)/t14-,15-. The molecule has 2 fully saturated rings. The Hall–Kier alpha value is -2.05. The Kier molecular flexibility index (Phi) is 6.40. The number of rotatable bonds is 5. The lowest BCUT2D eigenvalue weighted by molar-refractivity contribution is -0.135. The summed E-state index contributed by atoms with van der Waals surface area (Å²) in [5, 5.41) is 7.72. The van der Waals surface area contributed by atoms with E-state index in [4.69, 9.17) is 23.2 Å². The second-order valence-electron chi connectivity index (χ2n) is 7.77. The monoisotopic (exact) mass is 433 g/mol. The molecular formula is C21H25Cl2N5O. The highest BCUT2D eigenvalue weighted by atomic mass is 35.5. The van der Waals surface area contributed by atoms with Crippen molar-refractivity contribution in [1.82, 2.24) is 14.9 Å². The van der Waals surface area contributed by atoms with Gasteiger partial charge in [-0.2, -0.15) is 0 Å². The number of hydrogen-bond donors (Lipinski definition) is 2. The van der Waals surface area contributed by atoms with Crippen molar-refractivity contribution in [2.45, 2.75) is 44.6 Å². The van der Waals surface area contributed by atoms with E-state index in [0.29, 0.717) is 27.8 Å². The molecule has 0 bridgehead atoms. The largest absolute Gasteiger partial charge is 0.367 e. The fraction of sp³-hybridized carbons (Fsp3) is 0.476. The number of carbonyl (C=O) groups is 1. The molecule has 6 nitrogen and oxygen atoms in total. The number of aromatic nitrogens is 2. The molecule has 0 spiro atoms. The summed E-state index contributed by atoms with van der Waals surface area (Å²) in [5.41, 5.74) is 0.810. The number of amides is 1. The van der Waals surface area contributed by atoms with Crippen LogP contribution in [0, 0.1) is 5.92 Å². The summed E-state index contributed by atoms with van der Waals surface area (Å²) in [7, 11) is 0. The van der Waals surface area contributed by atoms with Gasteiger partial charge < -0.3 is 15.5 Å². The van der Waals surface area contributed by atoms with Crippen LogP contribution in [-0.2, 0) is 4.79 Å². The summed E-state index contributed by atoms with van der Waals surface area (Å²) in [6.07, 6.45) is 7.65. The number of nitrogens with zero attached hydrogens (tertiary/aromatic N) is 3. The average Bonchev–Trinajstić information content (AvgIpc) is 3.26. The van der Waals surface area contributed by atoms with Gasteiger partial charge in [-0.05, 0) is 56.7 Å². The smallest absolute Gasteiger partial charge is 0.225 e. The zero-order valence-electron chi connectivity index (χ0n) is 16.2. The quantitative estimate of drug-likeness (QED) is 0.684. The zero-order valence-corrected chi connectivity index (χ0v) is 17.7. The lowest BCUT2D eigenvalue weighted by atomic mass is 9.85. The van der Waals surface area contributed by atoms with Crippen molar-refractivity contribution < 1.29 is 4.79 Å². The van der Waals surface area contributed by atoms with Crippen molar-refractivity contribution in [3.8, 4) is 0 Å². The first-order chi connectivity index (χ1) is 14.1. The summed E-state index contributed by atoms with van der Waals surface area (Å²) in [6.45, 7) is 1.87. The molecule has 2 aromatic rings. The first-order valence-electron chi connectivity index (χ1n) is 10.2. The van der Waals surface area contributed by atoms with E-state index >= 15 is 0 Å². The Balaban J connectivity index is 1.31. The van der Waals surface area contributed by atoms with Crippen molar-refractivity contribution >= 4 is 46.4 Å². The molecule has 1 aliphatic heterocycles. The van der Waals surface area contributed by atoms with Crippen molar-refractivity contribution in [1.29, 1.82) is 0 Å².